The van der Waals surface area contributed by atoms with Crippen LogP contribution in [0.5, 0.6) is 0 Å². The highest BCUT2D eigenvalue weighted by molar-refractivity contribution is 6.05. The Morgan fingerprint density at radius 3 is 2.43 bits per heavy atom. The molecule has 0 bridgehead atoms. The lowest BCUT2D eigenvalue weighted by molar-refractivity contribution is -0.119. The second kappa shape index (κ2) is 8.07. The molecule has 1 aliphatic rings. The van der Waals surface area contributed by atoms with Gasteiger partial charge in [0.2, 0.25) is 6.41 Å². The average molecular weight is 392 g/mol. The summed E-state index contributed by atoms with van der Waals surface area (Å²) in [6.07, 6.45) is 1.95. The number of rotatable bonds is 4. The van der Waals surface area contributed by atoms with Gasteiger partial charge in [-0.1, -0.05) is 0 Å². The van der Waals surface area contributed by atoms with Crippen molar-refractivity contribution in [3.8, 4) is 0 Å². The normalized spacial score (nSPS) is 14.0. The molecule has 0 spiro atoms. The van der Waals surface area contributed by atoms with Crippen molar-refractivity contribution in [1.82, 2.24) is 14.8 Å². The average Bonchev–Trinajstić information content (AvgIpc) is 2.73. The SMILES string of the molecule is O=CN1CCN(C(=O)c2cc(C(=O)Nc3ccc(F)c(F)c3F)ccn2)CC1. The lowest BCUT2D eigenvalue weighted by Crippen LogP contribution is -2.48. The van der Waals surface area contributed by atoms with Gasteiger partial charge < -0.3 is 15.1 Å². The van der Waals surface area contributed by atoms with E-state index in [1.165, 1.54) is 28.1 Å². The molecule has 3 amide bonds. The zero-order valence-electron chi connectivity index (χ0n) is 14.5. The molecule has 0 atom stereocenters. The topological polar surface area (TPSA) is 82.6 Å². The third-order valence-corrected chi connectivity index (χ3v) is 4.28. The number of anilines is 1. The minimum Gasteiger partial charge on any atom is -0.342 e. The Morgan fingerprint density at radius 2 is 1.75 bits per heavy atom. The number of halogens is 3. The molecule has 28 heavy (non-hydrogen) atoms. The molecule has 2 aromatic rings. The van der Waals surface area contributed by atoms with Crippen LogP contribution in [0.15, 0.2) is 30.5 Å². The number of benzene rings is 1. The summed E-state index contributed by atoms with van der Waals surface area (Å²) in [5.74, 6) is -5.82. The number of nitrogens with zero attached hydrogens (tertiary/aromatic N) is 3. The number of hydrogen-bond acceptors (Lipinski definition) is 4. The predicted octanol–water partition coefficient (Wildman–Crippen LogP) is 1.67. The fraction of sp³-hybridized carbons (Fsp3) is 0.222. The van der Waals surface area contributed by atoms with Gasteiger partial charge in [-0.05, 0) is 24.3 Å². The summed E-state index contributed by atoms with van der Waals surface area (Å²) in [6, 6.07) is 4.11. The van der Waals surface area contributed by atoms with Crippen LogP contribution in [-0.2, 0) is 4.79 Å². The molecule has 7 nitrogen and oxygen atoms in total. The minimum atomic E-state index is -1.70. The maximum Gasteiger partial charge on any atom is 0.272 e. The van der Waals surface area contributed by atoms with Gasteiger partial charge in [-0.15, -0.1) is 0 Å². The minimum absolute atomic E-state index is 0.00189. The van der Waals surface area contributed by atoms with E-state index >= 15 is 0 Å². The van der Waals surface area contributed by atoms with Gasteiger partial charge in [0.15, 0.2) is 17.5 Å². The summed E-state index contributed by atoms with van der Waals surface area (Å²) >= 11 is 0. The van der Waals surface area contributed by atoms with Gasteiger partial charge >= 0.3 is 0 Å². The number of carbonyl (C=O) groups is 3. The highest BCUT2D eigenvalue weighted by Crippen LogP contribution is 2.20. The summed E-state index contributed by atoms with van der Waals surface area (Å²) < 4.78 is 40.0. The van der Waals surface area contributed by atoms with Crippen molar-refractivity contribution in [2.45, 2.75) is 0 Å². The number of aromatic nitrogens is 1. The van der Waals surface area contributed by atoms with Crippen LogP contribution >= 0.6 is 0 Å². The molecule has 1 N–H and O–H groups in total. The predicted molar refractivity (Wildman–Crippen MR) is 92.0 cm³/mol. The summed E-state index contributed by atoms with van der Waals surface area (Å²) in [5.41, 5.74) is -0.537. The van der Waals surface area contributed by atoms with Crippen LogP contribution in [0.1, 0.15) is 20.8 Å². The van der Waals surface area contributed by atoms with Gasteiger partial charge in [0.05, 0.1) is 5.69 Å². The van der Waals surface area contributed by atoms with E-state index in [0.29, 0.717) is 38.7 Å². The van der Waals surface area contributed by atoms with E-state index in [0.717, 1.165) is 6.07 Å². The van der Waals surface area contributed by atoms with Crippen molar-refractivity contribution in [1.29, 1.82) is 0 Å². The molecule has 3 rings (SSSR count). The maximum atomic E-state index is 13.7. The van der Waals surface area contributed by atoms with Gasteiger partial charge in [-0.3, -0.25) is 19.4 Å². The number of carbonyl (C=O) groups excluding carboxylic acids is 3. The van der Waals surface area contributed by atoms with Gasteiger partial charge in [-0.2, -0.15) is 0 Å². The first kappa shape index (κ1) is 19.3. The maximum absolute atomic E-state index is 13.7. The van der Waals surface area contributed by atoms with E-state index in [4.69, 9.17) is 0 Å². The monoisotopic (exact) mass is 392 g/mol. The van der Waals surface area contributed by atoms with Crippen LogP contribution in [0, 0.1) is 17.5 Å². The second-order valence-electron chi connectivity index (χ2n) is 6.04. The van der Waals surface area contributed by atoms with E-state index in [2.05, 4.69) is 10.3 Å². The third kappa shape index (κ3) is 3.95. The Bertz CT molecular complexity index is 930. The van der Waals surface area contributed by atoms with Crippen LogP contribution in [-0.4, -0.2) is 59.2 Å². The summed E-state index contributed by atoms with van der Waals surface area (Å²) in [5, 5.41) is 2.13. The Morgan fingerprint density at radius 1 is 1.04 bits per heavy atom. The number of pyridine rings is 1. The van der Waals surface area contributed by atoms with Crippen molar-refractivity contribution in [3.05, 3.63) is 59.2 Å². The van der Waals surface area contributed by atoms with Crippen molar-refractivity contribution in [2.24, 2.45) is 0 Å². The van der Waals surface area contributed by atoms with Crippen LogP contribution in [0.2, 0.25) is 0 Å². The first-order valence-electron chi connectivity index (χ1n) is 8.30. The number of piperazine rings is 1. The van der Waals surface area contributed by atoms with Crippen LogP contribution < -0.4 is 5.32 Å². The lowest BCUT2D eigenvalue weighted by Gasteiger charge is -2.32. The van der Waals surface area contributed by atoms with Crippen molar-refractivity contribution >= 4 is 23.9 Å². The van der Waals surface area contributed by atoms with E-state index in [-0.39, 0.29) is 11.3 Å². The van der Waals surface area contributed by atoms with Crippen molar-refractivity contribution in [3.63, 3.8) is 0 Å². The molecule has 146 valence electrons. The Balaban J connectivity index is 1.74. The second-order valence-corrected chi connectivity index (χ2v) is 6.04. The molecule has 0 radical (unpaired) electrons. The van der Waals surface area contributed by atoms with E-state index in [1.807, 2.05) is 0 Å². The molecular weight excluding hydrogens is 377 g/mol. The quantitative estimate of drug-likeness (QED) is 0.634. The summed E-state index contributed by atoms with van der Waals surface area (Å²) in [4.78, 5) is 42.6. The zero-order valence-corrected chi connectivity index (χ0v) is 14.5. The summed E-state index contributed by atoms with van der Waals surface area (Å²) in [6.45, 7) is 1.45. The first-order chi connectivity index (χ1) is 13.4. The molecule has 0 unspecified atom stereocenters. The Labute approximate surface area is 157 Å². The molecule has 1 aromatic carbocycles. The lowest BCUT2D eigenvalue weighted by atomic mass is 10.2. The first-order valence-corrected chi connectivity index (χ1v) is 8.30. The highest BCUT2D eigenvalue weighted by atomic mass is 19.2. The molecule has 1 aromatic heterocycles. The number of hydrogen-bond donors (Lipinski definition) is 1. The molecule has 10 heteroatoms. The fourth-order valence-corrected chi connectivity index (χ4v) is 2.70. The zero-order chi connectivity index (χ0) is 20.3. The largest absolute Gasteiger partial charge is 0.342 e. The van der Waals surface area contributed by atoms with Crippen molar-refractivity contribution in [2.75, 3.05) is 31.5 Å². The molecule has 1 fully saturated rings. The molecule has 1 aliphatic heterocycles. The Kier molecular flexibility index (Phi) is 5.57. The standard InChI is InChI=1S/C18H15F3N4O3/c19-12-1-2-13(16(21)15(12)20)23-17(27)11-3-4-22-14(9-11)18(28)25-7-5-24(10-26)6-8-25/h1-4,9-10H,5-8H2,(H,23,27). The van der Waals surface area contributed by atoms with E-state index in [9.17, 15) is 27.6 Å². The molecule has 0 aliphatic carbocycles. The van der Waals surface area contributed by atoms with Crippen molar-refractivity contribution < 1.29 is 27.6 Å². The van der Waals surface area contributed by atoms with Crippen LogP contribution in [0.4, 0.5) is 18.9 Å². The fourth-order valence-electron chi connectivity index (χ4n) is 2.70. The molecular formula is C18H15F3N4O3. The molecule has 2 heterocycles. The number of amides is 3. The third-order valence-electron chi connectivity index (χ3n) is 4.28. The highest BCUT2D eigenvalue weighted by Gasteiger charge is 2.23. The van der Waals surface area contributed by atoms with E-state index in [1.54, 1.807) is 0 Å². The van der Waals surface area contributed by atoms with Gasteiger partial charge in [0.1, 0.15) is 5.69 Å². The molecule has 0 saturated carbocycles. The molecule has 1 saturated heterocycles. The van der Waals surface area contributed by atoms with Gasteiger partial charge in [0.25, 0.3) is 11.8 Å². The van der Waals surface area contributed by atoms with Crippen LogP contribution in [0.25, 0.3) is 0 Å². The summed E-state index contributed by atoms with van der Waals surface area (Å²) in [7, 11) is 0. The Hall–Kier alpha value is -3.43. The van der Waals surface area contributed by atoms with Gasteiger partial charge in [-0.25, -0.2) is 13.2 Å². The van der Waals surface area contributed by atoms with Crippen LogP contribution in [0.3, 0.4) is 0 Å². The van der Waals surface area contributed by atoms with Gasteiger partial charge in [0, 0.05) is 37.9 Å². The smallest absolute Gasteiger partial charge is 0.272 e. The number of nitrogens with one attached hydrogen (secondary N) is 1. The van der Waals surface area contributed by atoms with E-state index < -0.39 is 35.0 Å².